The van der Waals surface area contributed by atoms with Crippen molar-refractivity contribution < 1.29 is 44.0 Å². The lowest BCUT2D eigenvalue weighted by atomic mass is 10.0. The van der Waals surface area contributed by atoms with Crippen molar-refractivity contribution in [1.82, 2.24) is 0 Å². The van der Waals surface area contributed by atoms with Crippen LogP contribution in [0.5, 0.6) is 0 Å². The number of carboxylic acid groups (broad SMARTS) is 3. The molecule has 1 atom stereocenters. The summed E-state index contributed by atoms with van der Waals surface area (Å²) >= 11 is 0. The molecule has 0 rings (SSSR count). The van der Waals surface area contributed by atoms with Gasteiger partial charge in [0, 0.05) is 0 Å². The molecule has 0 spiro atoms. The summed E-state index contributed by atoms with van der Waals surface area (Å²) in [6.45, 7) is 6.41. The fourth-order valence-electron chi connectivity index (χ4n) is 3.19. The van der Waals surface area contributed by atoms with Crippen LogP contribution in [-0.4, -0.2) is 45.2 Å². The average molecular weight is 503 g/mol. The molecule has 0 aromatic heterocycles. The summed E-state index contributed by atoms with van der Waals surface area (Å²) in [5.74, 6) is -4.24. The first kappa shape index (κ1) is 34.7. The van der Waals surface area contributed by atoms with E-state index in [1.54, 1.807) is 0 Å². The number of ether oxygens (including phenoxy) is 1. The molecule has 0 fully saturated rings. The van der Waals surface area contributed by atoms with Crippen molar-refractivity contribution in [2.24, 2.45) is 11.8 Å². The van der Waals surface area contributed by atoms with Crippen molar-refractivity contribution >= 4 is 29.8 Å². The second-order valence-corrected chi connectivity index (χ2v) is 9.38. The second kappa shape index (κ2) is 23.3. The van der Waals surface area contributed by atoms with Crippen molar-refractivity contribution in [3.63, 3.8) is 0 Å². The number of carboxylic acids is 3. The minimum atomic E-state index is -1.18. The molecule has 9 heteroatoms. The highest BCUT2D eigenvalue weighted by atomic mass is 16.6. The number of hydrogen-bond donors (Lipinski definition) is 3. The zero-order chi connectivity index (χ0) is 27.1. The standard InChI is InChI=1S/C18H36O2.C8H10O7/c1-16(2)14-12-10-8-6-4-5-7-9-11-13-15-17(3)18(19)20;9-5(10)1-3-7(13)15-8(14)4-2-6(11)12/h16-17H,4-15H2,1-3H3,(H,19,20);1-4H2,(H,9,10)(H,11,12). The van der Waals surface area contributed by atoms with Crippen LogP contribution in [0.4, 0.5) is 0 Å². The molecule has 0 aliphatic rings. The van der Waals surface area contributed by atoms with Gasteiger partial charge in [0.25, 0.3) is 0 Å². The molecule has 0 saturated carbocycles. The van der Waals surface area contributed by atoms with Crippen LogP contribution in [0.2, 0.25) is 0 Å². The highest BCUT2D eigenvalue weighted by molar-refractivity contribution is 5.88. The third-order valence-electron chi connectivity index (χ3n) is 5.40. The van der Waals surface area contributed by atoms with Crippen LogP contribution in [0.1, 0.15) is 124 Å². The molecule has 1 unspecified atom stereocenters. The van der Waals surface area contributed by atoms with Gasteiger partial charge in [-0.25, -0.2) is 0 Å². The van der Waals surface area contributed by atoms with E-state index in [9.17, 15) is 24.0 Å². The fourth-order valence-corrected chi connectivity index (χ4v) is 3.19. The van der Waals surface area contributed by atoms with E-state index in [1.165, 1.54) is 64.2 Å². The molecule has 0 aromatic rings. The highest BCUT2D eigenvalue weighted by Crippen LogP contribution is 2.15. The maximum Gasteiger partial charge on any atom is 0.314 e. The van der Waals surface area contributed by atoms with Gasteiger partial charge in [0.2, 0.25) is 0 Å². The Kier molecular flexibility index (Phi) is 23.1. The molecule has 35 heavy (non-hydrogen) atoms. The third-order valence-corrected chi connectivity index (χ3v) is 5.40. The van der Waals surface area contributed by atoms with E-state index in [0.717, 1.165) is 18.8 Å². The zero-order valence-corrected chi connectivity index (χ0v) is 21.8. The van der Waals surface area contributed by atoms with Crippen LogP contribution in [0.25, 0.3) is 0 Å². The van der Waals surface area contributed by atoms with Gasteiger partial charge in [0.1, 0.15) is 0 Å². The smallest absolute Gasteiger partial charge is 0.314 e. The topological polar surface area (TPSA) is 155 Å². The number of carbonyl (C=O) groups excluding carboxylic acids is 2. The number of unbranched alkanes of at least 4 members (excludes halogenated alkanes) is 9. The molecule has 0 radical (unpaired) electrons. The lowest BCUT2D eigenvalue weighted by Crippen LogP contribution is -2.14. The second-order valence-electron chi connectivity index (χ2n) is 9.38. The van der Waals surface area contributed by atoms with Gasteiger partial charge in [-0.2, -0.15) is 0 Å². The SMILES string of the molecule is CC(C)CCCCCCCCCCCCC(C)C(=O)O.O=C(O)CCC(=O)OC(=O)CCC(=O)O. The molecule has 0 aromatic carbocycles. The maximum atomic E-state index is 10.7. The van der Waals surface area contributed by atoms with Crippen molar-refractivity contribution in [2.45, 2.75) is 124 Å². The van der Waals surface area contributed by atoms with E-state index >= 15 is 0 Å². The summed E-state index contributed by atoms with van der Waals surface area (Å²) in [6.07, 6.45) is 13.8. The first-order valence-corrected chi connectivity index (χ1v) is 12.9. The Balaban J connectivity index is 0. The largest absolute Gasteiger partial charge is 0.481 e. The van der Waals surface area contributed by atoms with Crippen molar-refractivity contribution in [3.8, 4) is 0 Å². The first-order chi connectivity index (χ1) is 16.5. The molecular formula is C26H46O9. The molecule has 9 nitrogen and oxygen atoms in total. The molecular weight excluding hydrogens is 456 g/mol. The number of hydrogen-bond acceptors (Lipinski definition) is 6. The quantitative estimate of drug-likeness (QED) is 0.106. The van der Waals surface area contributed by atoms with Gasteiger partial charge < -0.3 is 20.1 Å². The van der Waals surface area contributed by atoms with Crippen LogP contribution in [-0.2, 0) is 28.7 Å². The van der Waals surface area contributed by atoms with Crippen molar-refractivity contribution in [2.75, 3.05) is 0 Å². The van der Waals surface area contributed by atoms with Gasteiger partial charge >= 0.3 is 29.8 Å². The predicted octanol–water partition coefficient (Wildman–Crippen LogP) is 5.83. The Bertz CT molecular complexity index is 586. The van der Waals surface area contributed by atoms with E-state index in [-0.39, 0.29) is 5.92 Å². The van der Waals surface area contributed by atoms with E-state index in [4.69, 9.17) is 15.3 Å². The molecule has 0 saturated heterocycles. The normalized spacial score (nSPS) is 11.3. The Labute approximate surface area is 209 Å². The van der Waals surface area contributed by atoms with E-state index in [0.29, 0.717) is 0 Å². The summed E-state index contributed by atoms with van der Waals surface area (Å²) in [5.41, 5.74) is 0. The molecule has 0 aliphatic heterocycles. The maximum absolute atomic E-state index is 10.7. The predicted molar refractivity (Wildman–Crippen MR) is 132 cm³/mol. The van der Waals surface area contributed by atoms with Gasteiger partial charge in [0.15, 0.2) is 0 Å². The number of esters is 2. The Morgan fingerprint density at radius 1 is 0.543 bits per heavy atom. The molecule has 0 bridgehead atoms. The van der Waals surface area contributed by atoms with Crippen LogP contribution in [0.15, 0.2) is 0 Å². The summed E-state index contributed by atoms with van der Waals surface area (Å²) in [5, 5.41) is 25.2. The molecule has 0 aliphatic carbocycles. The molecule has 0 amide bonds. The lowest BCUT2D eigenvalue weighted by molar-refractivity contribution is -0.162. The summed E-state index contributed by atoms with van der Waals surface area (Å²) in [6, 6.07) is 0. The summed E-state index contributed by atoms with van der Waals surface area (Å²) < 4.78 is 4.15. The van der Waals surface area contributed by atoms with E-state index in [1.807, 2.05) is 6.92 Å². The third kappa shape index (κ3) is 29.5. The van der Waals surface area contributed by atoms with Gasteiger partial charge in [-0.3, -0.25) is 24.0 Å². The van der Waals surface area contributed by atoms with Gasteiger partial charge in [0.05, 0.1) is 31.6 Å². The van der Waals surface area contributed by atoms with Crippen LogP contribution in [0.3, 0.4) is 0 Å². The molecule has 204 valence electrons. The van der Waals surface area contributed by atoms with Gasteiger partial charge in [-0.05, 0) is 12.3 Å². The van der Waals surface area contributed by atoms with Crippen LogP contribution >= 0.6 is 0 Å². The van der Waals surface area contributed by atoms with E-state index < -0.39 is 55.5 Å². The number of carbonyl (C=O) groups is 5. The highest BCUT2D eigenvalue weighted by Gasteiger charge is 2.13. The number of aliphatic carboxylic acids is 3. The summed E-state index contributed by atoms with van der Waals surface area (Å²) in [7, 11) is 0. The van der Waals surface area contributed by atoms with Gasteiger partial charge in [-0.1, -0.05) is 91.4 Å². The molecule has 0 heterocycles. The Morgan fingerprint density at radius 2 is 0.886 bits per heavy atom. The first-order valence-electron chi connectivity index (χ1n) is 12.9. The van der Waals surface area contributed by atoms with Crippen LogP contribution < -0.4 is 0 Å². The Hall–Kier alpha value is -2.45. The number of rotatable bonds is 20. The lowest BCUT2D eigenvalue weighted by Gasteiger charge is -2.06. The van der Waals surface area contributed by atoms with Crippen molar-refractivity contribution in [1.29, 1.82) is 0 Å². The van der Waals surface area contributed by atoms with E-state index in [2.05, 4.69) is 18.6 Å². The Morgan fingerprint density at radius 3 is 1.20 bits per heavy atom. The monoisotopic (exact) mass is 502 g/mol. The summed E-state index contributed by atoms with van der Waals surface area (Å²) in [4.78, 5) is 52.2. The van der Waals surface area contributed by atoms with Gasteiger partial charge in [-0.15, -0.1) is 0 Å². The minimum absolute atomic E-state index is 0.166. The molecule has 3 N–H and O–H groups in total. The average Bonchev–Trinajstić information content (AvgIpc) is 2.77. The fraction of sp³-hybridized carbons (Fsp3) is 0.808. The minimum Gasteiger partial charge on any atom is -0.481 e. The zero-order valence-electron chi connectivity index (χ0n) is 21.8. The van der Waals surface area contributed by atoms with Crippen molar-refractivity contribution in [3.05, 3.63) is 0 Å². The van der Waals surface area contributed by atoms with Crippen LogP contribution in [0, 0.1) is 11.8 Å².